The average Bonchev–Trinajstić information content (AvgIpc) is 3.08. The number of hydrogen-bond donors (Lipinski definition) is 1. The lowest BCUT2D eigenvalue weighted by Gasteiger charge is -2.14. The number of amides is 2. The number of thioether (sulfide) groups is 1. The largest absolute Gasteiger partial charge is 0.490 e. The number of aryl methyl sites for hydroxylation is 1. The molecule has 0 aromatic heterocycles. The van der Waals surface area contributed by atoms with E-state index in [1.807, 2.05) is 38.1 Å². The molecule has 1 aliphatic heterocycles. The van der Waals surface area contributed by atoms with Gasteiger partial charge in [0.25, 0.3) is 11.8 Å². The summed E-state index contributed by atoms with van der Waals surface area (Å²) in [6.45, 7) is 5.15. The summed E-state index contributed by atoms with van der Waals surface area (Å²) in [7, 11) is 1.63. The normalized spacial score (nSPS) is 14.5. The Morgan fingerprint density at radius 2 is 2.00 bits per heavy atom. The van der Waals surface area contributed by atoms with E-state index in [4.69, 9.17) is 26.4 Å². The van der Waals surface area contributed by atoms with E-state index in [0.29, 0.717) is 52.6 Å². The van der Waals surface area contributed by atoms with Gasteiger partial charge in [-0.15, -0.1) is 0 Å². The van der Waals surface area contributed by atoms with Crippen molar-refractivity contribution in [1.82, 2.24) is 4.90 Å². The molecule has 0 aliphatic carbocycles. The van der Waals surface area contributed by atoms with Gasteiger partial charge in [0.15, 0.2) is 18.1 Å². The van der Waals surface area contributed by atoms with Gasteiger partial charge >= 0.3 is 0 Å². The zero-order chi connectivity index (χ0) is 25.4. The van der Waals surface area contributed by atoms with Crippen molar-refractivity contribution in [2.75, 3.05) is 38.8 Å². The molecular formula is C25H27BrN2O5S2. The summed E-state index contributed by atoms with van der Waals surface area (Å²) < 4.78 is 18.0. The number of benzene rings is 2. The van der Waals surface area contributed by atoms with E-state index in [2.05, 4.69) is 21.2 Å². The predicted octanol–water partition coefficient (Wildman–Crippen LogP) is 5.41. The smallest absolute Gasteiger partial charge is 0.266 e. The maximum absolute atomic E-state index is 12.8. The van der Waals surface area contributed by atoms with Crippen LogP contribution in [0.2, 0.25) is 0 Å². The Balaban J connectivity index is 1.67. The quantitative estimate of drug-likeness (QED) is 0.217. The van der Waals surface area contributed by atoms with Gasteiger partial charge in [0.05, 0.1) is 11.5 Å². The molecule has 7 nitrogen and oxygen atoms in total. The fourth-order valence-corrected chi connectivity index (χ4v) is 4.83. The SMILES string of the molecule is CCOc1cc(/C=C2\SC(=S)N(CCCOC)C2=O)ccc1OCC(=O)Nc1ccc(Br)c(C)c1. The molecule has 2 aromatic rings. The fourth-order valence-electron chi connectivity index (χ4n) is 3.28. The van der Waals surface area contributed by atoms with Crippen molar-refractivity contribution < 1.29 is 23.8 Å². The highest BCUT2D eigenvalue weighted by Crippen LogP contribution is 2.35. The summed E-state index contributed by atoms with van der Waals surface area (Å²) in [6, 6.07) is 10.9. The molecule has 2 aromatic carbocycles. The number of hydrogen-bond acceptors (Lipinski definition) is 7. The molecule has 10 heteroatoms. The summed E-state index contributed by atoms with van der Waals surface area (Å²) in [5.41, 5.74) is 2.48. The molecule has 0 unspecified atom stereocenters. The van der Waals surface area contributed by atoms with E-state index >= 15 is 0 Å². The van der Waals surface area contributed by atoms with Gasteiger partial charge in [0.2, 0.25) is 0 Å². The van der Waals surface area contributed by atoms with Crippen LogP contribution in [0.25, 0.3) is 6.08 Å². The third-order valence-corrected chi connectivity index (χ3v) is 7.24. The third-order valence-electron chi connectivity index (χ3n) is 4.97. The van der Waals surface area contributed by atoms with Crippen LogP contribution in [0.4, 0.5) is 5.69 Å². The van der Waals surface area contributed by atoms with Crippen LogP contribution in [0.3, 0.4) is 0 Å². The summed E-state index contributed by atoms with van der Waals surface area (Å²) in [5.74, 6) is 0.534. The van der Waals surface area contributed by atoms with Gasteiger partial charge in [0, 0.05) is 30.4 Å². The average molecular weight is 580 g/mol. The maximum atomic E-state index is 12.8. The van der Waals surface area contributed by atoms with Gasteiger partial charge in [-0.25, -0.2) is 0 Å². The van der Waals surface area contributed by atoms with Crippen molar-refractivity contribution in [2.24, 2.45) is 0 Å². The van der Waals surface area contributed by atoms with Crippen molar-refractivity contribution in [1.29, 1.82) is 0 Å². The maximum Gasteiger partial charge on any atom is 0.266 e. The Bertz CT molecular complexity index is 1140. The van der Waals surface area contributed by atoms with Gasteiger partial charge in [-0.1, -0.05) is 46.0 Å². The number of carbonyl (C=O) groups is 2. The van der Waals surface area contributed by atoms with Crippen LogP contribution in [0.15, 0.2) is 45.8 Å². The number of rotatable bonds is 11. The van der Waals surface area contributed by atoms with E-state index < -0.39 is 0 Å². The second-order valence-electron chi connectivity index (χ2n) is 7.62. The molecule has 0 saturated carbocycles. The molecule has 0 atom stereocenters. The van der Waals surface area contributed by atoms with Gasteiger partial charge in [0.1, 0.15) is 4.32 Å². The summed E-state index contributed by atoms with van der Waals surface area (Å²) in [5, 5.41) is 2.82. The number of ether oxygens (including phenoxy) is 3. The first-order chi connectivity index (χ1) is 16.8. The number of thiocarbonyl (C=S) groups is 1. The fraction of sp³-hybridized carbons (Fsp3) is 0.320. The van der Waals surface area contributed by atoms with Gasteiger partial charge in [-0.3, -0.25) is 14.5 Å². The van der Waals surface area contributed by atoms with Gasteiger partial charge in [-0.2, -0.15) is 0 Å². The van der Waals surface area contributed by atoms with Crippen LogP contribution < -0.4 is 14.8 Å². The number of nitrogens with zero attached hydrogens (tertiary/aromatic N) is 1. The van der Waals surface area contributed by atoms with Crippen LogP contribution >= 0.6 is 39.9 Å². The molecular weight excluding hydrogens is 552 g/mol. The number of nitrogens with one attached hydrogen (secondary N) is 1. The van der Waals surface area contributed by atoms with Crippen molar-refractivity contribution in [3.8, 4) is 11.5 Å². The Hall–Kier alpha value is -2.40. The van der Waals surface area contributed by atoms with E-state index in [1.54, 1.807) is 30.2 Å². The van der Waals surface area contributed by atoms with E-state index in [-0.39, 0.29) is 18.4 Å². The highest BCUT2D eigenvalue weighted by atomic mass is 79.9. The Labute approximate surface area is 223 Å². The highest BCUT2D eigenvalue weighted by molar-refractivity contribution is 9.10. The molecule has 1 heterocycles. The van der Waals surface area contributed by atoms with E-state index in [9.17, 15) is 9.59 Å². The second kappa shape index (κ2) is 13.1. The van der Waals surface area contributed by atoms with Gasteiger partial charge in [-0.05, 0) is 67.8 Å². The monoisotopic (exact) mass is 578 g/mol. The molecule has 2 amide bonds. The molecule has 1 N–H and O–H groups in total. The Kier molecular flexibility index (Phi) is 10.1. The minimum Gasteiger partial charge on any atom is -0.490 e. The number of halogens is 1. The molecule has 1 saturated heterocycles. The molecule has 3 rings (SSSR count). The second-order valence-corrected chi connectivity index (χ2v) is 10.1. The number of anilines is 1. The molecule has 0 spiro atoms. The van der Waals surface area contributed by atoms with E-state index in [0.717, 1.165) is 15.6 Å². The zero-order valence-electron chi connectivity index (χ0n) is 19.8. The van der Waals surface area contributed by atoms with Crippen molar-refractivity contribution in [3.63, 3.8) is 0 Å². The van der Waals surface area contributed by atoms with E-state index in [1.165, 1.54) is 11.8 Å². The highest BCUT2D eigenvalue weighted by Gasteiger charge is 2.31. The van der Waals surface area contributed by atoms with Crippen LogP contribution in [-0.2, 0) is 14.3 Å². The minimum absolute atomic E-state index is 0.116. The molecule has 0 radical (unpaired) electrons. The van der Waals surface area contributed by atoms with Crippen LogP contribution in [-0.4, -0.2) is 54.5 Å². The standard InChI is InChI=1S/C25H27BrN2O5S2/c1-4-32-21-13-17(14-22-24(30)28(25(34)35-22)10-5-11-31-3)6-9-20(21)33-15-23(29)27-18-7-8-19(26)16(2)12-18/h6-9,12-14H,4-5,10-11,15H2,1-3H3,(H,27,29)/b22-14-. The molecule has 35 heavy (non-hydrogen) atoms. The first-order valence-electron chi connectivity index (χ1n) is 11.0. The van der Waals surface area contributed by atoms with Crippen LogP contribution in [0.5, 0.6) is 11.5 Å². The molecule has 1 fully saturated rings. The zero-order valence-corrected chi connectivity index (χ0v) is 23.0. The lowest BCUT2D eigenvalue weighted by Crippen LogP contribution is -2.29. The first kappa shape index (κ1) is 27.2. The summed E-state index contributed by atoms with van der Waals surface area (Å²) >= 11 is 10.1. The van der Waals surface area contributed by atoms with Crippen LogP contribution in [0.1, 0.15) is 24.5 Å². The lowest BCUT2D eigenvalue weighted by atomic mass is 10.2. The van der Waals surface area contributed by atoms with Crippen LogP contribution in [0, 0.1) is 6.92 Å². The Morgan fingerprint density at radius 1 is 1.20 bits per heavy atom. The number of carbonyl (C=O) groups excluding carboxylic acids is 2. The summed E-state index contributed by atoms with van der Waals surface area (Å²) in [4.78, 5) is 27.3. The Morgan fingerprint density at radius 3 is 2.71 bits per heavy atom. The minimum atomic E-state index is -0.282. The summed E-state index contributed by atoms with van der Waals surface area (Å²) in [6.07, 6.45) is 2.50. The predicted molar refractivity (Wildman–Crippen MR) is 147 cm³/mol. The topological polar surface area (TPSA) is 77.1 Å². The van der Waals surface area contributed by atoms with Crippen molar-refractivity contribution >= 4 is 67.8 Å². The first-order valence-corrected chi connectivity index (χ1v) is 13.0. The van der Waals surface area contributed by atoms with Gasteiger partial charge < -0.3 is 19.5 Å². The number of methoxy groups -OCH3 is 1. The third kappa shape index (κ3) is 7.54. The lowest BCUT2D eigenvalue weighted by molar-refractivity contribution is -0.122. The molecule has 1 aliphatic rings. The molecule has 186 valence electrons. The molecule has 0 bridgehead atoms. The van der Waals surface area contributed by atoms with Crippen molar-refractivity contribution in [3.05, 3.63) is 56.9 Å². The van der Waals surface area contributed by atoms with Crippen molar-refractivity contribution in [2.45, 2.75) is 20.3 Å².